The third-order valence-corrected chi connectivity index (χ3v) is 5.27. The van der Waals surface area contributed by atoms with Gasteiger partial charge in [-0.15, -0.1) is 0 Å². The molecule has 1 N–H and O–H groups in total. The molecule has 1 aromatic rings. The van der Waals surface area contributed by atoms with E-state index in [2.05, 4.69) is 27.0 Å². The molecule has 0 bridgehead atoms. The zero-order valence-electron chi connectivity index (χ0n) is 12.7. The van der Waals surface area contributed by atoms with Crippen molar-refractivity contribution in [3.05, 3.63) is 33.8 Å². The second-order valence-electron chi connectivity index (χ2n) is 6.20. The lowest BCUT2D eigenvalue weighted by Crippen LogP contribution is -2.39. The minimum Gasteiger partial charge on any atom is -0.298 e. The number of allylic oxidation sites excluding steroid dienone is 2. The summed E-state index contributed by atoms with van der Waals surface area (Å²) in [5.74, 6) is 0.647. The Morgan fingerprint density at radius 1 is 1.41 bits per heavy atom. The molecule has 1 aromatic heterocycles. The average Bonchev–Trinajstić information content (AvgIpc) is 2.48. The maximum atomic E-state index is 12.2. The van der Waals surface area contributed by atoms with Crippen LogP contribution in [0.25, 0.3) is 0 Å². The highest BCUT2D eigenvalue weighted by molar-refractivity contribution is 7.90. The van der Waals surface area contributed by atoms with Crippen LogP contribution in [0.3, 0.4) is 0 Å². The van der Waals surface area contributed by atoms with E-state index in [1.807, 2.05) is 0 Å². The van der Waals surface area contributed by atoms with Crippen molar-refractivity contribution in [3.8, 4) is 0 Å². The second kappa shape index (κ2) is 5.96. The van der Waals surface area contributed by atoms with Crippen LogP contribution in [0.2, 0.25) is 0 Å². The SMILES string of the molecule is CS(=O)(=O)c1nc2c(c(=O)[nH]1)CN(CC1CC=CCC1)CC2. The van der Waals surface area contributed by atoms with E-state index in [9.17, 15) is 13.2 Å². The highest BCUT2D eigenvalue weighted by Gasteiger charge is 2.25. The monoisotopic (exact) mass is 323 g/mol. The van der Waals surface area contributed by atoms with Gasteiger partial charge in [-0.25, -0.2) is 13.4 Å². The van der Waals surface area contributed by atoms with E-state index < -0.39 is 9.84 Å². The lowest BCUT2D eigenvalue weighted by Gasteiger charge is -2.31. The van der Waals surface area contributed by atoms with Gasteiger partial charge in [-0.3, -0.25) is 14.7 Å². The number of aromatic amines is 1. The fourth-order valence-electron chi connectivity index (χ4n) is 3.18. The third-order valence-electron chi connectivity index (χ3n) is 4.37. The van der Waals surface area contributed by atoms with Crippen molar-refractivity contribution in [3.63, 3.8) is 0 Å². The van der Waals surface area contributed by atoms with Gasteiger partial charge in [0.15, 0.2) is 0 Å². The number of rotatable bonds is 3. The molecule has 0 aromatic carbocycles. The van der Waals surface area contributed by atoms with Crippen LogP contribution in [0, 0.1) is 5.92 Å². The van der Waals surface area contributed by atoms with Crippen LogP contribution in [0.1, 0.15) is 30.5 Å². The molecule has 1 atom stereocenters. The van der Waals surface area contributed by atoms with Gasteiger partial charge in [0.2, 0.25) is 15.0 Å². The van der Waals surface area contributed by atoms with Crippen LogP contribution in [-0.2, 0) is 22.8 Å². The van der Waals surface area contributed by atoms with Gasteiger partial charge in [0.25, 0.3) is 5.56 Å². The number of sulfone groups is 1. The predicted molar refractivity (Wildman–Crippen MR) is 83.4 cm³/mol. The number of hydrogen-bond donors (Lipinski definition) is 1. The van der Waals surface area contributed by atoms with E-state index in [0.717, 1.165) is 32.2 Å². The van der Waals surface area contributed by atoms with Gasteiger partial charge in [0, 0.05) is 32.3 Å². The molecule has 0 saturated carbocycles. The van der Waals surface area contributed by atoms with Gasteiger partial charge in [0.05, 0.1) is 11.3 Å². The Balaban J connectivity index is 1.78. The summed E-state index contributed by atoms with van der Waals surface area (Å²) in [4.78, 5) is 21.0. The van der Waals surface area contributed by atoms with Crippen molar-refractivity contribution in [2.24, 2.45) is 5.92 Å². The highest BCUT2D eigenvalue weighted by atomic mass is 32.2. The molecule has 7 heteroatoms. The maximum absolute atomic E-state index is 12.2. The van der Waals surface area contributed by atoms with Crippen LogP contribution in [0.4, 0.5) is 0 Å². The first-order valence-electron chi connectivity index (χ1n) is 7.63. The highest BCUT2D eigenvalue weighted by Crippen LogP contribution is 2.22. The second-order valence-corrected chi connectivity index (χ2v) is 8.14. The summed E-state index contributed by atoms with van der Waals surface area (Å²) in [6, 6.07) is 0. The van der Waals surface area contributed by atoms with Gasteiger partial charge in [-0.1, -0.05) is 12.2 Å². The zero-order valence-corrected chi connectivity index (χ0v) is 13.5. The zero-order chi connectivity index (χ0) is 15.7. The molecule has 22 heavy (non-hydrogen) atoms. The lowest BCUT2D eigenvalue weighted by atomic mass is 9.93. The van der Waals surface area contributed by atoms with Crippen molar-refractivity contribution >= 4 is 9.84 Å². The van der Waals surface area contributed by atoms with Crippen molar-refractivity contribution in [2.45, 2.75) is 37.4 Å². The molecule has 1 aliphatic heterocycles. The maximum Gasteiger partial charge on any atom is 0.256 e. The summed E-state index contributed by atoms with van der Waals surface area (Å²) >= 11 is 0. The lowest BCUT2D eigenvalue weighted by molar-refractivity contribution is 0.203. The number of nitrogens with one attached hydrogen (secondary N) is 1. The first-order chi connectivity index (χ1) is 10.4. The summed E-state index contributed by atoms with van der Waals surface area (Å²) in [7, 11) is -3.48. The van der Waals surface area contributed by atoms with E-state index in [4.69, 9.17) is 0 Å². The molecule has 2 aliphatic rings. The van der Waals surface area contributed by atoms with Crippen LogP contribution >= 0.6 is 0 Å². The summed E-state index contributed by atoms with van der Waals surface area (Å²) in [6.07, 6.45) is 9.58. The number of hydrogen-bond acceptors (Lipinski definition) is 5. The Bertz CT molecular complexity index is 752. The average molecular weight is 323 g/mol. The number of fused-ring (bicyclic) bond motifs is 1. The molecule has 0 saturated heterocycles. The van der Waals surface area contributed by atoms with Crippen molar-refractivity contribution in [1.29, 1.82) is 0 Å². The van der Waals surface area contributed by atoms with Crippen LogP contribution < -0.4 is 5.56 Å². The topological polar surface area (TPSA) is 83.1 Å². The van der Waals surface area contributed by atoms with E-state index >= 15 is 0 Å². The molecule has 1 aliphatic carbocycles. The number of aromatic nitrogens is 2. The molecule has 6 nitrogen and oxygen atoms in total. The molecule has 0 spiro atoms. The predicted octanol–water partition coefficient (Wildman–Crippen LogP) is 0.888. The standard InChI is InChI=1S/C15H21N3O3S/c1-22(20,21)15-16-13-7-8-18(10-12(13)14(19)17-15)9-11-5-3-2-4-6-11/h2-3,11H,4-10H2,1H3,(H,16,17,19). The normalized spacial score (nSPS) is 22.5. The molecule has 0 amide bonds. The van der Waals surface area contributed by atoms with E-state index in [-0.39, 0.29) is 10.7 Å². The van der Waals surface area contributed by atoms with Crippen molar-refractivity contribution in [1.82, 2.24) is 14.9 Å². The number of H-pyrrole nitrogens is 1. The Hall–Kier alpha value is -1.47. The van der Waals surface area contributed by atoms with Crippen LogP contribution in [0.15, 0.2) is 22.1 Å². The first-order valence-corrected chi connectivity index (χ1v) is 9.52. The molecular formula is C15H21N3O3S. The Kier molecular flexibility index (Phi) is 4.18. The largest absolute Gasteiger partial charge is 0.298 e. The molecule has 0 radical (unpaired) electrons. The van der Waals surface area contributed by atoms with Crippen LogP contribution in [-0.4, -0.2) is 42.6 Å². The summed E-state index contributed by atoms with van der Waals surface area (Å²) in [5, 5.41) is -0.220. The van der Waals surface area contributed by atoms with E-state index in [1.54, 1.807) is 0 Å². The Morgan fingerprint density at radius 2 is 2.23 bits per heavy atom. The molecule has 120 valence electrons. The minimum absolute atomic E-state index is 0.220. The van der Waals surface area contributed by atoms with Crippen LogP contribution in [0.5, 0.6) is 0 Å². The molecule has 2 heterocycles. The van der Waals surface area contributed by atoms with Gasteiger partial charge in [-0.2, -0.15) is 0 Å². The Labute approximate surface area is 130 Å². The van der Waals surface area contributed by atoms with Gasteiger partial charge in [-0.05, 0) is 25.2 Å². The molecule has 3 rings (SSSR count). The fraction of sp³-hybridized carbons (Fsp3) is 0.600. The van der Waals surface area contributed by atoms with Crippen molar-refractivity contribution < 1.29 is 8.42 Å². The van der Waals surface area contributed by atoms with Gasteiger partial charge >= 0.3 is 0 Å². The summed E-state index contributed by atoms with van der Waals surface area (Å²) in [6.45, 7) is 2.37. The van der Waals surface area contributed by atoms with Crippen molar-refractivity contribution in [2.75, 3.05) is 19.3 Å². The summed E-state index contributed by atoms with van der Waals surface area (Å²) in [5.41, 5.74) is 0.924. The number of nitrogens with zero attached hydrogens (tertiary/aromatic N) is 2. The minimum atomic E-state index is -3.48. The Morgan fingerprint density at radius 3 is 2.91 bits per heavy atom. The molecule has 0 fully saturated rings. The fourth-order valence-corrected chi connectivity index (χ4v) is 3.73. The van der Waals surface area contributed by atoms with E-state index in [0.29, 0.717) is 30.1 Å². The summed E-state index contributed by atoms with van der Waals surface area (Å²) < 4.78 is 23.1. The van der Waals surface area contributed by atoms with Gasteiger partial charge in [0.1, 0.15) is 0 Å². The molecule has 1 unspecified atom stereocenters. The van der Waals surface area contributed by atoms with Gasteiger partial charge < -0.3 is 0 Å². The third kappa shape index (κ3) is 3.30. The van der Waals surface area contributed by atoms with E-state index in [1.165, 1.54) is 6.42 Å². The first kappa shape index (κ1) is 15.4. The molecular weight excluding hydrogens is 302 g/mol. The quantitative estimate of drug-likeness (QED) is 0.660. The smallest absolute Gasteiger partial charge is 0.256 e.